The van der Waals surface area contributed by atoms with Crippen LogP contribution in [0.5, 0.6) is 0 Å². The molecular formula is C12H14FNO. The number of piperidine rings is 1. The average Bonchev–Trinajstić information content (AvgIpc) is 2.25. The fourth-order valence-corrected chi connectivity index (χ4v) is 1.83. The zero-order valence-electron chi connectivity index (χ0n) is 8.53. The molecule has 1 aliphatic rings. The van der Waals surface area contributed by atoms with Gasteiger partial charge in [0.25, 0.3) is 0 Å². The lowest BCUT2D eigenvalue weighted by Gasteiger charge is -2.27. The van der Waals surface area contributed by atoms with E-state index in [1.165, 1.54) is 5.56 Å². The second kappa shape index (κ2) is 4.53. The predicted octanol–water partition coefficient (Wildman–Crippen LogP) is 1.80. The van der Waals surface area contributed by atoms with Crippen LogP contribution in [0, 0.1) is 0 Å². The number of hydrogen-bond acceptors (Lipinski definition) is 2. The topological polar surface area (TPSA) is 20.3 Å². The fourth-order valence-electron chi connectivity index (χ4n) is 1.83. The summed E-state index contributed by atoms with van der Waals surface area (Å²) in [4.78, 5) is 13.0. The fraction of sp³-hybridized carbons (Fsp3) is 0.417. The van der Waals surface area contributed by atoms with Crippen molar-refractivity contribution in [1.82, 2.24) is 4.90 Å². The van der Waals surface area contributed by atoms with E-state index >= 15 is 0 Å². The summed E-state index contributed by atoms with van der Waals surface area (Å²) in [6.45, 7) is 1.65. The van der Waals surface area contributed by atoms with Crippen molar-refractivity contribution in [3.8, 4) is 0 Å². The Balaban J connectivity index is 1.94. The number of alkyl halides is 1. The van der Waals surface area contributed by atoms with Gasteiger partial charge in [-0.1, -0.05) is 30.3 Å². The molecule has 1 saturated heterocycles. The van der Waals surface area contributed by atoms with Gasteiger partial charge < -0.3 is 0 Å². The van der Waals surface area contributed by atoms with Crippen molar-refractivity contribution in [2.45, 2.75) is 19.1 Å². The highest BCUT2D eigenvalue weighted by atomic mass is 19.1. The Kier molecular flexibility index (Phi) is 3.11. The molecule has 0 radical (unpaired) electrons. The molecule has 3 heteroatoms. The molecule has 1 aromatic rings. The molecule has 80 valence electrons. The van der Waals surface area contributed by atoms with Gasteiger partial charge in [-0.15, -0.1) is 0 Å². The number of carbonyl (C=O) groups is 1. The smallest absolute Gasteiger partial charge is 0.171 e. The first-order valence-electron chi connectivity index (χ1n) is 5.19. The number of likely N-dealkylation sites (tertiary alicyclic amines) is 1. The van der Waals surface area contributed by atoms with Gasteiger partial charge in [-0.05, 0) is 5.56 Å². The zero-order chi connectivity index (χ0) is 10.7. The summed E-state index contributed by atoms with van der Waals surface area (Å²) in [5, 5.41) is 0. The largest absolute Gasteiger partial charge is 0.296 e. The van der Waals surface area contributed by atoms with Crippen molar-refractivity contribution in [2.75, 3.05) is 13.1 Å². The van der Waals surface area contributed by atoms with Gasteiger partial charge in [0.05, 0.1) is 0 Å². The molecule has 0 N–H and O–H groups in total. The first-order valence-corrected chi connectivity index (χ1v) is 5.19. The van der Waals surface area contributed by atoms with Crippen LogP contribution in [0.25, 0.3) is 0 Å². The van der Waals surface area contributed by atoms with Crippen LogP contribution >= 0.6 is 0 Å². The van der Waals surface area contributed by atoms with Gasteiger partial charge in [-0.3, -0.25) is 9.69 Å². The second-order valence-corrected chi connectivity index (χ2v) is 3.90. The van der Waals surface area contributed by atoms with Crippen molar-refractivity contribution in [1.29, 1.82) is 0 Å². The Morgan fingerprint density at radius 3 is 2.73 bits per heavy atom. The number of rotatable bonds is 2. The van der Waals surface area contributed by atoms with Gasteiger partial charge in [0.2, 0.25) is 0 Å². The first-order chi connectivity index (χ1) is 7.25. The lowest BCUT2D eigenvalue weighted by molar-refractivity contribution is -0.127. The number of carbonyl (C=O) groups excluding carboxylic acids is 1. The summed E-state index contributed by atoms with van der Waals surface area (Å²) in [6, 6.07) is 9.93. The minimum atomic E-state index is -1.29. The van der Waals surface area contributed by atoms with Crippen LogP contribution in [0.3, 0.4) is 0 Å². The molecule has 0 bridgehead atoms. The van der Waals surface area contributed by atoms with E-state index in [-0.39, 0.29) is 12.3 Å². The molecule has 0 aliphatic carbocycles. The Bertz CT molecular complexity index is 339. The molecule has 0 aromatic heterocycles. The molecule has 1 heterocycles. The third-order valence-corrected chi connectivity index (χ3v) is 2.69. The Hall–Kier alpha value is -1.22. The average molecular weight is 207 g/mol. The summed E-state index contributed by atoms with van der Waals surface area (Å²) in [6.07, 6.45) is -0.948. The maximum atomic E-state index is 13.1. The molecular weight excluding hydrogens is 193 g/mol. The summed E-state index contributed by atoms with van der Waals surface area (Å²) in [5.41, 5.74) is 1.17. The van der Waals surface area contributed by atoms with E-state index < -0.39 is 6.17 Å². The number of Topliss-reactive ketones (excluding diaryl/α,β-unsaturated/α-hetero) is 1. The van der Waals surface area contributed by atoms with Gasteiger partial charge in [0.15, 0.2) is 12.0 Å². The van der Waals surface area contributed by atoms with E-state index in [0.717, 1.165) is 6.54 Å². The van der Waals surface area contributed by atoms with Crippen molar-refractivity contribution in [2.24, 2.45) is 0 Å². The van der Waals surface area contributed by atoms with E-state index in [4.69, 9.17) is 0 Å². The second-order valence-electron chi connectivity index (χ2n) is 3.90. The predicted molar refractivity (Wildman–Crippen MR) is 56.2 cm³/mol. The Morgan fingerprint density at radius 1 is 1.33 bits per heavy atom. The Morgan fingerprint density at radius 2 is 2.07 bits per heavy atom. The van der Waals surface area contributed by atoms with Crippen molar-refractivity contribution >= 4 is 5.78 Å². The van der Waals surface area contributed by atoms with E-state index in [2.05, 4.69) is 0 Å². The summed E-state index contributed by atoms with van der Waals surface area (Å²) < 4.78 is 13.1. The van der Waals surface area contributed by atoms with Gasteiger partial charge >= 0.3 is 0 Å². The minimum absolute atomic E-state index is 0.244. The van der Waals surface area contributed by atoms with E-state index in [1.54, 1.807) is 0 Å². The molecule has 0 saturated carbocycles. The maximum Gasteiger partial charge on any atom is 0.171 e. The molecule has 1 aliphatic heterocycles. The molecule has 0 spiro atoms. The SMILES string of the molecule is O=C1CCN(Cc2ccccc2)CC1F. The zero-order valence-corrected chi connectivity index (χ0v) is 8.53. The van der Waals surface area contributed by atoms with Crippen LogP contribution in [-0.2, 0) is 11.3 Å². The number of halogens is 1. The van der Waals surface area contributed by atoms with Gasteiger partial charge in [-0.2, -0.15) is 0 Å². The maximum absolute atomic E-state index is 13.1. The van der Waals surface area contributed by atoms with E-state index in [9.17, 15) is 9.18 Å². The minimum Gasteiger partial charge on any atom is -0.296 e. The molecule has 2 nitrogen and oxygen atoms in total. The van der Waals surface area contributed by atoms with Gasteiger partial charge in [0, 0.05) is 26.1 Å². The van der Waals surface area contributed by atoms with Crippen LogP contribution in [0.4, 0.5) is 4.39 Å². The highest BCUT2D eigenvalue weighted by molar-refractivity contribution is 5.84. The molecule has 0 amide bonds. The Labute approximate surface area is 88.7 Å². The van der Waals surface area contributed by atoms with Gasteiger partial charge in [0.1, 0.15) is 0 Å². The van der Waals surface area contributed by atoms with Crippen LogP contribution in [0.15, 0.2) is 30.3 Å². The van der Waals surface area contributed by atoms with Crippen LogP contribution in [0.2, 0.25) is 0 Å². The lowest BCUT2D eigenvalue weighted by atomic mass is 10.1. The summed E-state index contributed by atoms with van der Waals surface area (Å²) in [7, 11) is 0. The number of benzene rings is 1. The third-order valence-electron chi connectivity index (χ3n) is 2.69. The van der Waals surface area contributed by atoms with E-state index in [0.29, 0.717) is 13.0 Å². The van der Waals surface area contributed by atoms with E-state index in [1.807, 2.05) is 35.2 Å². The number of ketones is 1. The molecule has 1 fully saturated rings. The van der Waals surface area contributed by atoms with Crippen LogP contribution in [0.1, 0.15) is 12.0 Å². The molecule has 1 aromatic carbocycles. The summed E-state index contributed by atoms with van der Waals surface area (Å²) in [5.74, 6) is -0.251. The monoisotopic (exact) mass is 207 g/mol. The first kappa shape index (κ1) is 10.3. The number of nitrogens with zero attached hydrogens (tertiary/aromatic N) is 1. The molecule has 2 rings (SSSR count). The quantitative estimate of drug-likeness (QED) is 0.737. The highest BCUT2D eigenvalue weighted by Gasteiger charge is 2.26. The lowest BCUT2D eigenvalue weighted by Crippen LogP contribution is -2.41. The van der Waals surface area contributed by atoms with Crippen LogP contribution in [-0.4, -0.2) is 29.9 Å². The van der Waals surface area contributed by atoms with Crippen LogP contribution < -0.4 is 0 Å². The van der Waals surface area contributed by atoms with Crippen molar-refractivity contribution in [3.63, 3.8) is 0 Å². The van der Waals surface area contributed by atoms with Gasteiger partial charge in [-0.25, -0.2) is 4.39 Å². The van der Waals surface area contributed by atoms with Crippen molar-refractivity contribution < 1.29 is 9.18 Å². The number of hydrogen-bond donors (Lipinski definition) is 0. The molecule has 15 heavy (non-hydrogen) atoms. The standard InChI is InChI=1S/C12H14FNO/c13-11-9-14(7-6-12(11)15)8-10-4-2-1-3-5-10/h1-5,11H,6-9H2. The molecule has 1 atom stereocenters. The normalized spacial score (nSPS) is 23.0. The third kappa shape index (κ3) is 2.63. The summed E-state index contributed by atoms with van der Waals surface area (Å²) >= 11 is 0. The van der Waals surface area contributed by atoms with Crippen molar-refractivity contribution in [3.05, 3.63) is 35.9 Å². The molecule has 1 unspecified atom stereocenters. The highest BCUT2D eigenvalue weighted by Crippen LogP contribution is 2.13.